The average Bonchev–Trinajstić information content (AvgIpc) is 3.35. The average molecular weight is 539 g/mol. The number of carbonyl (C=O) groups is 1. The molecule has 3 aromatic rings. The molecule has 0 radical (unpaired) electrons. The normalized spacial score (nSPS) is 21.3. The molecule has 2 heterocycles. The van der Waals surface area contributed by atoms with Crippen LogP contribution in [0.25, 0.3) is 11.3 Å². The van der Waals surface area contributed by atoms with Gasteiger partial charge in [0.25, 0.3) is 15.9 Å². The summed E-state index contributed by atoms with van der Waals surface area (Å²) in [5, 5.41) is 6.70. The molecule has 0 bridgehead atoms. The molecule has 1 aliphatic heterocycles. The molecule has 2 aliphatic carbocycles. The van der Waals surface area contributed by atoms with Crippen molar-refractivity contribution in [3.05, 3.63) is 47.0 Å². The Hall–Kier alpha value is -3.73. The molecule has 1 aromatic heterocycles. The van der Waals surface area contributed by atoms with E-state index < -0.39 is 15.9 Å². The quantitative estimate of drug-likeness (QED) is 0.468. The van der Waals surface area contributed by atoms with Gasteiger partial charge in [-0.3, -0.25) is 9.52 Å². The van der Waals surface area contributed by atoms with Crippen LogP contribution >= 0.6 is 0 Å². The molecule has 0 unspecified atom stereocenters. The Bertz CT molecular complexity index is 1540. The number of nitrogens with zero attached hydrogens (tertiary/aromatic N) is 2. The number of methoxy groups -OCH3 is 2. The van der Waals surface area contributed by atoms with Crippen LogP contribution in [-0.4, -0.2) is 53.8 Å². The lowest BCUT2D eigenvalue weighted by atomic mass is 9.77. The van der Waals surface area contributed by atoms with E-state index >= 15 is 0 Å². The van der Waals surface area contributed by atoms with Crippen LogP contribution < -0.4 is 24.4 Å². The minimum atomic E-state index is -4.24. The van der Waals surface area contributed by atoms with Crippen LogP contribution in [0.2, 0.25) is 0 Å². The third-order valence-corrected chi connectivity index (χ3v) is 9.59. The Morgan fingerprint density at radius 1 is 1.16 bits per heavy atom. The summed E-state index contributed by atoms with van der Waals surface area (Å²) in [5.74, 6) is 0.760. The molecule has 6 rings (SSSR count). The fourth-order valence-corrected chi connectivity index (χ4v) is 7.14. The topological polar surface area (TPSA) is 123 Å². The maximum atomic E-state index is 13.7. The van der Waals surface area contributed by atoms with Crippen molar-refractivity contribution >= 4 is 27.4 Å². The molecule has 2 atom stereocenters. The lowest BCUT2D eigenvalue weighted by Gasteiger charge is -2.34. The minimum absolute atomic E-state index is 0.0235. The highest BCUT2D eigenvalue weighted by atomic mass is 32.2. The number of sulfonamides is 1. The van der Waals surface area contributed by atoms with Gasteiger partial charge in [-0.2, -0.15) is 0 Å². The van der Waals surface area contributed by atoms with Crippen molar-refractivity contribution in [1.29, 1.82) is 0 Å². The zero-order valence-electron chi connectivity index (χ0n) is 21.8. The Balaban J connectivity index is 1.42. The van der Waals surface area contributed by atoms with Gasteiger partial charge in [-0.1, -0.05) is 18.1 Å². The highest BCUT2D eigenvalue weighted by Gasteiger charge is 2.56. The van der Waals surface area contributed by atoms with Gasteiger partial charge in [0.15, 0.2) is 16.5 Å². The number of rotatable bonds is 7. The smallest absolute Gasteiger partial charge is 0.270 e. The summed E-state index contributed by atoms with van der Waals surface area (Å²) in [6, 6.07) is 9.25. The largest absolute Gasteiger partial charge is 0.495 e. The van der Waals surface area contributed by atoms with Crippen molar-refractivity contribution in [2.45, 2.75) is 36.5 Å². The molecule has 1 amide bonds. The minimum Gasteiger partial charge on any atom is -0.495 e. The number of benzene rings is 2. The number of aromatic nitrogens is 1. The first-order valence-corrected chi connectivity index (χ1v) is 14.1. The molecule has 2 fully saturated rings. The second kappa shape index (κ2) is 8.65. The van der Waals surface area contributed by atoms with E-state index in [1.807, 2.05) is 0 Å². The van der Waals surface area contributed by atoms with Crippen molar-refractivity contribution in [3.8, 4) is 22.8 Å². The summed E-state index contributed by atoms with van der Waals surface area (Å²) in [5.41, 5.74) is 4.23. The number of fused-ring (bicyclic) bond motifs is 4. The van der Waals surface area contributed by atoms with Crippen LogP contribution in [0.15, 0.2) is 39.8 Å². The van der Waals surface area contributed by atoms with E-state index in [4.69, 9.17) is 14.0 Å². The molecular formula is C27H30N4O6S. The summed E-state index contributed by atoms with van der Waals surface area (Å²) in [7, 11) is -0.0774. The molecule has 1 spiro atoms. The highest BCUT2D eigenvalue weighted by Crippen LogP contribution is 2.62. The van der Waals surface area contributed by atoms with Gasteiger partial charge in [0.2, 0.25) is 0 Å². The van der Waals surface area contributed by atoms with Crippen LogP contribution in [0, 0.1) is 5.92 Å². The molecule has 38 heavy (non-hydrogen) atoms. The summed E-state index contributed by atoms with van der Waals surface area (Å²) < 4.78 is 46.6. The van der Waals surface area contributed by atoms with Crippen LogP contribution in [0.4, 0.5) is 11.5 Å². The lowest BCUT2D eigenvalue weighted by molar-refractivity contribution is 0.0962. The number of hydrogen-bond donors (Lipinski definition) is 2. The van der Waals surface area contributed by atoms with E-state index in [-0.39, 0.29) is 33.2 Å². The summed E-state index contributed by atoms with van der Waals surface area (Å²) in [4.78, 5) is 14.3. The van der Waals surface area contributed by atoms with E-state index in [0.717, 1.165) is 36.3 Å². The maximum absolute atomic E-state index is 13.7. The number of hydrogen-bond acceptors (Lipinski definition) is 8. The summed E-state index contributed by atoms with van der Waals surface area (Å²) in [6.07, 6.45) is 2.82. The third-order valence-electron chi connectivity index (χ3n) is 8.19. The lowest BCUT2D eigenvalue weighted by Crippen LogP contribution is -2.37. The second-order valence-electron chi connectivity index (χ2n) is 10.2. The Morgan fingerprint density at radius 2 is 1.84 bits per heavy atom. The molecule has 2 N–H and O–H groups in total. The second-order valence-corrected chi connectivity index (χ2v) is 11.9. The van der Waals surface area contributed by atoms with E-state index in [1.54, 1.807) is 0 Å². The Labute approximate surface area is 221 Å². The molecule has 200 valence electrons. The Morgan fingerprint density at radius 3 is 2.39 bits per heavy atom. The maximum Gasteiger partial charge on any atom is 0.270 e. The van der Waals surface area contributed by atoms with Gasteiger partial charge in [0.1, 0.15) is 11.5 Å². The first kappa shape index (κ1) is 24.6. The van der Waals surface area contributed by atoms with Crippen LogP contribution in [-0.2, 0) is 21.9 Å². The Kier molecular flexibility index (Phi) is 5.60. The third kappa shape index (κ3) is 3.63. The molecule has 10 nitrogen and oxygen atoms in total. The van der Waals surface area contributed by atoms with E-state index in [2.05, 4.69) is 45.2 Å². The number of ether oxygens (including phenoxy) is 2. The van der Waals surface area contributed by atoms with Gasteiger partial charge in [0.05, 0.1) is 14.2 Å². The molecule has 1 saturated heterocycles. The molecule has 2 aromatic carbocycles. The summed E-state index contributed by atoms with van der Waals surface area (Å²) >= 11 is 0. The van der Waals surface area contributed by atoms with Crippen LogP contribution in [0.3, 0.4) is 0 Å². The number of amides is 1. The highest BCUT2D eigenvalue weighted by molar-refractivity contribution is 7.93. The SMILES string of the molecule is CNC(=O)c1cc(OC)c(S(=O)(=O)Nc2noc3c2C[C@@]2(C[C@@H]2C)c2ccc(N4CCC4)cc2-3)c(OC)c1. The first-order chi connectivity index (χ1) is 18.2. The monoisotopic (exact) mass is 538 g/mol. The fraction of sp³-hybridized carbons (Fsp3) is 0.407. The van der Waals surface area contributed by atoms with Gasteiger partial charge in [0, 0.05) is 47.9 Å². The van der Waals surface area contributed by atoms with Crippen LogP contribution in [0.1, 0.15) is 41.3 Å². The van der Waals surface area contributed by atoms with E-state index in [9.17, 15) is 13.2 Å². The van der Waals surface area contributed by atoms with Crippen molar-refractivity contribution in [1.82, 2.24) is 10.5 Å². The van der Waals surface area contributed by atoms with E-state index in [1.165, 1.54) is 45.4 Å². The standard InChI is InChI=1S/C27H30N4O6S/c1-15-13-27(15)14-19-23(18-12-17(6-7-20(18)27)31-8-5-9-31)37-29-25(19)30-38(33,34)24-21(35-3)10-16(26(32)28-2)11-22(24)36-4/h6-7,10-12,15H,5,8-9,13-14H2,1-4H3,(H,28,32)(H,29,30)/t15-,27+/m0/s1. The fourth-order valence-electron chi connectivity index (χ4n) is 5.81. The zero-order chi connectivity index (χ0) is 26.8. The number of nitrogens with one attached hydrogen (secondary N) is 2. The van der Waals surface area contributed by atoms with Crippen molar-refractivity contribution in [2.24, 2.45) is 5.92 Å². The predicted octanol–water partition coefficient (Wildman–Crippen LogP) is 3.56. The first-order valence-electron chi connectivity index (χ1n) is 12.6. The molecular weight excluding hydrogens is 508 g/mol. The zero-order valence-corrected chi connectivity index (χ0v) is 22.6. The van der Waals surface area contributed by atoms with Crippen molar-refractivity contribution < 1.29 is 27.2 Å². The molecule has 11 heteroatoms. The van der Waals surface area contributed by atoms with Crippen molar-refractivity contribution in [3.63, 3.8) is 0 Å². The van der Waals surface area contributed by atoms with Gasteiger partial charge in [-0.15, -0.1) is 0 Å². The van der Waals surface area contributed by atoms with Crippen LogP contribution in [0.5, 0.6) is 11.5 Å². The number of anilines is 2. The molecule has 1 saturated carbocycles. The molecule has 3 aliphatic rings. The summed E-state index contributed by atoms with van der Waals surface area (Å²) in [6.45, 7) is 4.27. The van der Waals surface area contributed by atoms with Crippen molar-refractivity contribution in [2.75, 3.05) is 44.0 Å². The predicted molar refractivity (Wildman–Crippen MR) is 142 cm³/mol. The van der Waals surface area contributed by atoms with Gasteiger partial charge >= 0.3 is 0 Å². The van der Waals surface area contributed by atoms with E-state index in [0.29, 0.717) is 18.1 Å². The van der Waals surface area contributed by atoms with Gasteiger partial charge in [-0.25, -0.2) is 8.42 Å². The van der Waals surface area contributed by atoms with Gasteiger partial charge in [-0.05, 0) is 55.0 Å². The number of carbonyl (C=O) groups excluding carboxylic acids is 1. The van der Waals surface area contributed by atoms with Gasteiger partial charge < -0.3 is 24.2 Å².